The summed E-state index contributed by atoms with van der Waals surface area (Å²) in [5.74, 6) is 0.0119. The van der Waals surface area contributed by atoms with Gasteiger partial charge >= 0.3 is 5.97 Å². The molecule has 0 amide bonds. The Bertz CT molecular complexity index is 422. The van der Waals surface area contributed by atoms with Crippen LogP contribution in [0.3, 0.4) is 0 Å². The molecule has 1 heterocycles. The van der Waals surface area contributed by atoms with E-state index >= 15 is 0 Å². The number of esters is 1. The lowest BCUT2D eigenvalue weighted by molar-refractivity contribution is -0.144. The van der Waals surface area contributed by atoms with E-state index in [1.807, 2.05) is 13.8 Å². The van der Waals surface area contributed by atoms with Gasteiger partial charge in [0.25, 0.3) is 0 Å². The molecule has 0 saturated carbocycles. The SMILES string of the molecule is COC(=O)[C@@H](NCc1cc(C)n(C)c1C)C(C)C. The number of hydrogen-bond donors (Lipinski definition) is 1. The minimum atomic E-state index is -0.255. The summed E-state index contributed by atoms with van der Waals surface area (Å²) < 4.78 is 6.97. The molecular weight excluding hydrogens is 228 g/mol. The second-order valence-electron chi connectivity index (χ2n) is 5.08. The summed E-state index contributed by atoms with van der Waals surface area (Å²) in [6.45, 7) is 8.88. The summed E-state index contributed by atoms with van der Waals surface area (Å²) >= 11 is 0. The van der Waals surface area contributed by atoms with E-state index in [1.54, 1.807) is 0 Å². The summed E-state index contributed by atoms with van der Waals surface area (Å²) in [6.07, 6.45) is 0. The zero-order valence-electron chi connectivity index (χ0n) is 12.2. The Labute approximate surface area is 109 Å². The van der Waals surface area contributed by atoms with Gasteiger partial charge in [0.2, 0.25) is 0 Å². The smallest absolute Gasteiger partial charge is 0.323 e. The van der Waals surface area contributed by atoms with Gasteiger partial charge in [0, 0.05) is 25.0 Å². The molecule has 0 aliphatic rings. The van der Waals surface area contributed by atoms with Crippen LogP contribution in [0.1, 0.15) is 30.8 Å². The Morgan fingerprint density at radius 1 is 1.44 bits per heavy atom. The van der Waals surface area contributed by atoms with Crippen LogP contribution in [0.5, 0.6) is 0 Å². The van der Waals surface area contributed by atoms with Gasteiger partial charge in [0.05, 0.1) is 7.11 Å². The van der Waals surface area contributed by atoms with E-state index in [9.17, 15) is 4.79 Å². The Morgan fingerprint density at radius 3 is 2.44 bits per heavy atom. The summed E-state index contributed by atoms with van der Waals surface area (Å²) in [7, 11) is 3.48. The first-order valence-corrected chi connectivity index (χ1v) is 6.31. The molecule has 0 spiro atoms. The van der Waals surface area contributed by atoms with Crippen molar-refractivity contribution in [1.29, 1.82) is 0 Å². The standard InChI is InChI=1S/C14H24N2O2/c1-9(2)13(14(17)18-6)15-8-12-7-10(3)16(5)11(12)4/h7,9,13,15H,8H2,1-6H3/t13-/m0/s1. The van der Waals surface area contributed by atoms with E-state index in [4.69, 9.17) is 4.74 Å². The number of aryl methyl sites for hydroxylation is 1. The van der Waals surface area contributed by atoms with E-state index in [1.165, 1.54) is 24.1 Å². The van der Waals surface area contributed by atoms with Crippen molar-refractivity contribution in [3.05, 3.63) is 23.0 Å². The number of nitrogens with one attached hydrogen (secondary N) is 1. The summed E-state index contributed by atoms with van der Waals surface area (Å²) in [5, 5.41) is 3.28. The van der Waals surface area contributed by atoms with Gasteiger partial charge in [0.15, 0.2) is 0 Å². The maximum Gasteiger partial charge on any atom is 0.323 e. The van der Waals surface area contributed by atoms with Crippen LogP contribution in [-0.4, -0.2) is 23.7 Å². The minimum absolute atomic E-state index is 0.199. The second-order valence-corrected chi connectivity index (χ2v) is 5.08. The van der Waals surface area contributed by atoms with Gasteiger partial charge in [-0.05, 0) is 31.4 Å². The van der Waals surface area contributed by atoms with Crippen LogP contribution >= 0.6 is 0 Å². The van der Waals surface area contributed by atoms with E-state index in [0.29, 0.717) is 6.54 Å². The zero-order chi connectivity index (χ0) is 13.9. The number of ether oxygens (including phenoxy) is 1. The fourth-order valence-corrected chi connectivity index (χ4v) is 2.05. The van der Waals surface area contributed by atoms with Gasteiger partial charge in [-0.1, -0.05) is 13.8 Å². The molecule has 18 heavy (non-hydrogen) atoms. The van der Waals surface area contributed by atoms with E-state index < -0.39 is 0 Å². The fraction of sp³-hybridized carbons (Fsp3) is 0.643. The molecule has 4 nitrogen and oxygen atoms in total. The highest BCUT2D eigenvalue weighted by atomic mass is 16.5. The third kappa shape index (κ3) is 3.13. The predicted molar refractivity (Wildman–Crippen MR) is 72.4 cm³/mol. The Morgan fingerprint density at radius 2 is 2.06 bits per heavy atom. The molecule has 1 rings (SSSR count). The largest absolute Gasteiger partial charge is 0.468 e. The van der Waals surface area contributed by atoms with Crippen LogP contribution < -0.4 is 5.32 Å². The molecule has 1 aromatic rings. The van der Waals surface area contributed by atoms with E-state index in [2.05, 4.69) is 36.8 Å². The van der Waals surface area contributed by atoms with Gasteiger partial charge in [-0.25, -0.2) is 0 Å². The average Bonchev–Trinajstić information content (AvgIpc) is 2.56. The van der Waals surface area contributed by atoms with E-state index in [-0.39, 0.29) is 17.9 Å². The molecule has 0 saturated heterocycles. The monoisotopic (exact) mass is 252 g/mol. The van der Waals surface area contributed by atoms with Crippen molar-refractivity contribution in [2.24, 2.45) is 13.0 Å². The van der Waals surface area contributed by atoms with Crippen molar-refractivity contribution in [3.63, 3.8) is 0 Å². The number of nitrogens with zero attached hydrogens (tertiary/aromatic N) is 1. The van der Waals surface area contributed by atoms with E-state index in [0.717, 1.165) is 0 Å². The van der Waals surface area contributed by atoms with Crippen molar-refractivity contribution < 1.29 is 9.53 Å². The lowest BCUT2D eigenvalue weighted by Crippen LogP contribution is -2.41. The lowest BCUT2D eigenvalue weighted by atomic mass is 10.0. The molecule has 0 aliphatic heterocycles. The highest BCUT2D eigenvalue weighted by Gasteiger charge is 2.22. The van der Waals surface area contributed by atoms with Crippen LogP contribution in [0.2, 0.25) is 0 Å². The predicted octanol–water partition coefficient (Wildman–Crippen LogP) is 1.93. The summed E-state index contributed by atoms with van der Waals surface area (Å²) in [5.41, 5.74) is 3.68. The minimum Gasteiger partial charge on any atom is -0.468 e. The molecule has 0 aliphatic carbocycles. The molecule has 0 fully saturated rings. The van der Waals surface area contributed by atoms with Crippen molar-refractivity contribution in [2.75, 3.05) is 7.11 Å². The van der Waals surface area contributed by atoms with Crippen molar-refractivity contribution in [2.45, 2.75) is 40.3 Å². The van der Waals surface area contributed by atoms with Gasteiger partial charge in [-0.15, -0.1) is 0 Å². The zero-order valence-corrected chi connectivity index (χ0v) is 12.2. The third-order valence-corrected chi connectivity index (χ3v) is 3.51. The van der Waals surface area contributed by atoms with Crippen LogP contribution in [0.4, 0.5) is 0 Å². The number of carbonyl (C=O) groups is 1. The van der Waals surface area contributed by atoms with Gasteiger partial charge < -0.3 is 14.6 Å². The number of aromatic nitrogens is 1. The van der Waals surface area contributed by atoms with Crippen LogP contribution in [0.15, 0.2) is 6.07 Å². The Balaban J connectivity index is 2.73. The first-order chi connectivity index (χ1) is 8.38. The number of hydrogen-bond acceptors (Lipinski definition) is 3. The molecule has 102 valence electrons. The lowest BCUT2D eigenvalue weighted by Gasteiger charge is -2.19. The fourth-order valence-electron chi connectivity index (χ4n) is 2.05. The quantitative estimate of drug-likeness (QED) is 0.814. The van der Waals surface area contributed by atoms with Crippen LogP contribution in [-0.2, 0) is 23.1 Å². The molecular formula is C14H24N2O2. The number of methoxy groups -OCH3 is 1. The van der Waals surface area contributed by atoms with Crippen LogP contribution in [0.25, 0.3) is 0 Å². The Hall–Kier alpha value is -1.29. The molecule has 0 unspecified atom stereocenters. The second kappa shape index (κ2) is 6.05. The number of carbonyl (C=O) groups excluding carboxylic acids is 1. The maximum absolute atomic E-state index is 11.6. The molecule has 1 aromatic heterocycles. The summed E-state index contributed by atoms with van der Waals surface area (Å²) in [6, 6.07) is 1.90. The Kier molecular flexibility index (Phi) is 4.96. The normalized spacial score (nSPS) is 12.8. The first-order valence-electron chi connectivity index (χ1n) is 6.31. The van der Waals surface area contributed by atoms with Gasteiger partial charge in [0.1, 0.15) is 6.04 Å². The molecule has 4 heteroatoms. The topological polar surface area (TPSA) is 43.3 Å². The number of rotatable bonds is 5. The molecule has 1 N–H and O–H groups in total. The third-order valence-electron chi connectivity index (χ3n) is 3.51. The molecule has 0 aromatic carbocycles. The van der Waals surface area contributed by atoms with Crippen molar-refractivity contribution in [1.82, 2.24) is 9.88 Å². The van der Waals surface area contributed by atoms with Gasteiger partial charge in [-0.2, -0.15) is 0 Å². The molecule has 0 radical (unpaired) electrons. The highest BCUT2D eigenvalue weighted by Crippen LogP contribution is 2.14. The maximum atomic E-state index is 11.6. The molecule has 1 atom stereocenters. The first kappa shape index (κ1) is 14.8. The summed E-state index contributed by atoms with van der Waals surface area (Å²) in [4.78, 5) is 11.6. The van der Waals surface area contributed by atoms with Crippen molar-refractivity contribution >= 4 is 5.97 Å². The molecule has 0 bridgehead atoms. The van der Waals surface area contributed by atoms with Crippen LogP contribution in [0, 0.1) is 19.8 Å². The average molecular weight is 252 g/mol. The van der Waals surface area contributed by atoms with Gasteiger partial charge in [-0.3, -0.25) is 4.79 Å². The van der Waals surface area contributed by atoms with Crippen molar-refractivity contribution in [3.8, 4) is 0 Å². The highest BCUT2D eigenvalue weighted by molar-refractivity contribution is 5.75.